The largest absolute Gasteiger partial charge is 0.459 e. The van der Waals surface area contributed by atoms with Gasteiger partial charge in [0.2, 0.25) is 0 Å². The van der Waals surface area contributed by atoms with Gasteiger partial charge in [0.25, 0.3) is 5.69 Å². The predicted molar refractivity (Wildman–Crippen MR) is 81.3 cm³/mol. The van der Waals surface area contributed by atoms with Gasteiger partial charge in [0.1, 0.15) is 10.4 Å². The second-order valence-electron chi connectivity index (χ2n) is 5.44. The maximum atomic E-state index is 11.7. The Labute approximate surface area is 131 Å². The van der Waals surface area contributed by atoms with Gasteiger partial charge >= 0.3 is 5.97 Å². The van der Waals surface area contributed by atoms with E-state index in [4.69, 9.17) is 9.47 Å². The van der Waals surface area contributed by atoms with E-state index in [1.807, 2.05) is 0 Å². The molecular weight excluding hydrogens is 342 g/mol. The zero-order valence-electron chi connectivity index (χ0n) is 12.2. The van der Waals surface area contributed by atoms with Crippen molar-refractivity contribution in [1.29, 1.82) is 0 Å². The van der Waals surface area contributed by atoms with E-state index in [-0.39, 0.29) is 24.9 Å². The molecule has 1 rings (SSSR count). The van der Waals surface area contributed by atoms with Gasteiger partial charge in [0, 0.05) is 12.1 Å². The molecular formula is C14H18BrNO5. The first kappa shape index (κ1) is 17.6. The minimum Gasteiger partial charge on any atom is -0.459 e. The summed E-state index contributed by atoms with van der Waals surface area (Å²) < 4.78 is 10.6. The molecule has 1 unspecified atom stereocenters. The molecule has 0 aliphatic heterocycles. The summed E-state index contributed by atoms with van der Waals surface area (Å²) in [6, 6.07) is 6.07. The zero-order chi connectivity index (χ0) is 16.0. The summed E-state index contributed by atoms with van der Waals surface area (Å²) in [5.41, 5.74) is 0.289. The number of rotatable bonds is 6. The van der Waals surface area contributed by atoms with Gasteiger partial charge in [0.15, 0.2) is 0 Å². The highest BCUT2D eigenvalue weighted by atomic mass is 79.9. The molecule has 0 aliphatic carbocycles. The molecule has 1 atom stereocenters. The summed E-state index contributed by atoms with van der Waals surface area (Å²) in [6.45, 7) is 5.81. The molecule has 0 saturated carbocycles. The fourth-order valence-corrected chi connectivity index (χ4v) is 1.71. The second-order valence-corrected chi connectivity index (χ2v) is 6.55. The molecule has 21 heavy (non-hydrogen) atoms. The van der Waals surface area contributed by atoms with Crippen molar-refractivity contribution in [2.45, 2.75) is 37.8 Å². The normalized spacial score (nSPS) is 12.8. The van der Waals surface area contributed by atoms with Crippen LogP contribution in [-0.2, 0) is 20.9 Å². The van der Waals surface area contributed by atoms with Crippen molar-refractivity contribution in [3.8, 4) is 0 Å². The highest BCUT2D eigenvalue weighted by Crippen LogP contribution is 2.15. The van der Waals surface area contributed by atoms with E-state index in [9.17, 15) is 14.9 Å². The number of hydrogen-bond donors (Lipinski definition) is 0. The number of carbonyl (C=O) groups is 1. The average Bonchev–Trinajstić information content (AvgIpc) is 2.37. The van der Waals surface area contributed by atoms with Gasteiger partial charge in [0.05, 0.1) is 18.1 Å². The lowest BCUT2D eigenvalue weighted by Crippen LogP contribution is -2.31. The third-order valence-electron chi connectivity index (χ3n) is 2.34. The number of hydrogen-bond acceptors (Lipinski definition) is 5. The van der Waals surface area contributed by atoms with Crippen molar-refractivity contribution in [2.24, 2.45) is 0 Å². The number of halogens is 1. The summed E-state index contributed by atoms with van der Waals surface area (Å²) in [5, 5.41) is 10.5. The van der Waals surface area contributed by atoms with E-state index in [1.54, 1.807) is 32.9 Å². The Morgan fingerprint density at radius 3 is 2.38 bits per heavy atom. The maximum Gasteiger partial charge on any atom is 0.322 e. The van der Waals surface area contributed by atoms with Crippen LogP contribution in [-0.4, -0.2) is 27.9 Å². The number of nitrogens with zero attached hydrogens (tertiary/aromatic N) is 1. The van der Waals surface area contributed by atoms with Crippen LogP contribution in [0.4, 0.5) is 5.69 Å². The standard InChI is InChI=1S/C14H18BrNO5/c1-14(2,3)21-13(17)12(15)9-20-8-10-4-6-11(7-5-10)16(18)19/h4-7,12H,8-9H2,1-3H3. The highest BCUT2D eigenvalue weighted by molar-refractivity contribution is 9.10. The Hall–Kier alpha value is -1.47. The van der Waals surface area contributed by atoms with Crippen LogP contribution < -0.4 is 0 Å². The van der Waals surface area contributed by atoms with Crippen molar-refractivity contribution < 1.29 is 19.2 Å². The molecule has 0 spiro atoms. The van der Waals surface area contributed by atoms with E-state index in [0.29, 0.717) is 0 Å². The Morgan fingerprint density at radius 2 is 1.90 bits per heavy atom. The number of ether oxygens (including phenoxy) is 2. The topological polar surface area (TPSA) is 78.7 Å². The van der Waals surface area contributed by atoms with Crippen molar-refractivity contribution in [1.82, 2.24) is 0 Å². The number of benzene rings is 1. The molecule has 0 bridgehead atoms. The minimum atomic E-state index is -0.547. The second kappa shape index (κ2) is 7.51. The summed E-state index contributed by atoms with van der Waals surface area (Å²) in [5.74, 6) is -0.383. The van der Waals surface area contributed by atoms with Gasteiger partial charge in [-0.05, 0) is 38.5 Å². The summed E-state index contributed by atoms with van der Waals surface area (Å²) in [7, 11) is 0. The van der Waals surface area contributed by atoms with Crippen molar-refractivity contribution in [3.63, 3.8) is 0 Å². The summed E-state index contributed by atoms with van der Waals surface area (Å²) >= 11 is 3.21. The van der Waals surface area contributed by atoms with Gasteiger partial charge in [-0.3, -0.25) is 14.9 Å². The molecule has 0 aromatic heterocycles. The Balaban J connectivity index is 2.39. The van der Waals surface area contributed by atoms with E-state index in [2.05, 4.69) is 15.9 Å². The van der Waals surface area contributed by atoms with Crippen LogP contribution in [0.5, 0.6) is 0 Å². The quantitative estimate of drug-likeness (QED) is 0.337. The zero-order valence-corrected chi connectivity index (χ0v) is 13.8. The molecule has 0 fully saturated rings. The third-order valence-corrected chi connectivity index (χ3v) is 2.98. The molecule has 0 radical (unpaired) electrons. The summed E-state index contributed by atoms with van der Waals surface area (Å²) in [4.78, 5) is 21.2. The number of nitro groups is 1. The minimum absolute atomic E-state index is 0.0332. The van der Waals surface area contributed by atoms with E-state index < -0.39 is 15.4 Å². The number of carbonyl (C=O) groups excluding carboxylic acids is 1. The number of esters is 1. The molecule has 1 aromatic carbocycles. The molecule has 0 amide bonds. The van der Waals surface area contributed by atoms with E-state index in [0.717, 1.165) is 5.56 Å². The van der Waals surface area contributed by atoms with Gasteiger partial charge in [-0.1, -0.05) is 15.9 Å². The molecule has 116 valence electrons. The lowest BCUT2D eigenvalue weighted by Gasteiger charge is -2.21. The van der Waals surface area contributed by atoms with Gasteiger partial charge < -0.3 is 9.47 Å². The molecule has 6 nitrogen and oxygen atoms in total. The van der Waals surface area contributed by atoms with Crippen molar-refractivity contribution in [2.75, 3.05) is 6.61 Å². The summed E-state index contributed by atoms with van der Waals surface area (Å²) in [6.07, 6.45) is 0. The van der Waals surface area contributed by atoms with Crippen LogP contribution in [0.25, 0.3) is 0 Å². The van der Waals surface area contributed by atoms with Crippen molar-refractivity contribution >= 4 is 27.6 Å². The van der Waals surface area contributed by atoms with Gasteiger partial charge in [-0.2, -0.15) is 0 Å². The van der Waals surface area contributed by atoms with Crippen molar-refractivity contribution in [3.05, 3.63) is 39.9 Å². The highest BCUT2D eigenvalue weighted by Gasteiger charge is 2.23. The van der Waals surface area contributed by atoms with Crippen LogP contribution in [0.15, 0.2) is 24.3 Å². The molecule has 0 aliphatic rings. The molecule has 0 N–H and O–H groups in total. The molecule has 0 heterocycles. The Kier molecular flexibility index (Phi) is 6.29. The monoisotopic (exact) mass is 359 g/mol. The van der Waals surface area contributed by atoms with E-state index in [1.165, 1.54) is 12.1 Å². The smallest absolute Gasteiger partial charge is 0.322 e. The predicted octanol–water partition coefficient (Wildman–Crippen LogP) is 3.22. The van der Waals surface area contributed by atoms with Gasteiger partial charge in [-0.15, -0.1) is 0 Å². The fourth-order valence-electron chi connectivity index (χ4n) is 1.43. The average molecular weight is 360 g/mol. The van der Waals surface area contributed by atoms with Crippen LogP contribution in [0.2, 0.25) is 0 Å². The van der Waals surface area contributed by atoms with Gasteiger partial charge in [-0.25, -0.2) is 0 Å². The molecule has 7 heteroatoms. The Bertz CT molecular complexity index is 495. The lowest BCUT2D eigenvalue weighted by atomic mass is 10.2. The first-order valence-electron chi connectivity index (χ1n) is 6.37. The van der Waals surface area contributed by atoms with Crippen LogP contribution in [0, 0.1) is 10.1 Å². The number of nitro benzene ring substituents is 1. The molecule has 0 saturated heterocycles. The third kappa shape index (κ3) is 6.68. The van der Waals surface area contributed by atoms with Crippen LogP contribution in [0.1, 0.15) is 26.3 Å². The Morgan fingerprint density at radius 1 is 1.33 bits per heavy atom. The number of alkyl halides is 1. The fraction of sp³-hybridized carbons (Fsp3) is 0.500. The first-order chi connectivity index (χ1) is 9.69. The number of non-ortho nitro benzene ring substituents is 1. The molecule has 1 aromatic rings. The lowest BCUT2D eigenvalue weighted by molar-refractivity contribution is -0.384. The van der Waals surface area contributed by atoms with Crippen LogP contribution >= 0.6 is 15.9 Å². The first-order valence-corrected chi connectivity index (χ1v) is 7.28. The van der Waals surface area contributed by atoms with E-state index >= 15 is 0 Å². The van der Waals surface area contributed by atoms with Crippen LogP contribution in [0.3, 0.4) is 0 Å². The SMILES string of the molecule is CC(C)(C)OC(=O)C(Br)COCc1ccc([N+](=O)[O-])cc1. The maximum absolute atomic E-state index is 11.7.